The topological polar surface area (TPSA) is 59.1 Å². The summed E-state index contributed by atoms with van der Waals surface area (Å²) in [6, 6.07) is 20.2. The molecule has 38 heavy (non-hydrogen) atoms. The van der Waals surface area contributed by atoms with Crippen molar-refractivity contribution in [1.29, 1.82) is 0 Å². The molecule has 194 valence electrons. The normalized spacial score (nSPS) is 15.2. The van der Waals surface area contributed by atoms with Crippen LogP contribution in [0.2, 0.25) is 0 Å². The van der Waals surface area contributed by atoms with Crippen LogP contribution in [-0.4, -0.2) is 17.7 Å². The Hall–Kier alpha value is -3.94. The maximum absolute atomic E-state index is 14.9. The zero-order valence-electron chi connectivity index (χ0n) is 20.6. The van der Waals surface area contributed by atoms with E-state index in [1.54, 1.807) is 48.5 Å². The number of aliphatic hydroxyl groups is 1. The standard InChI is InChI=1S/C31H25F3O4/c1-2-3-27(35)20-6-4-19(5-7-20)23-14-15-25(30(34)29(23)33)31(36)38-22-11-8-18(9-12-22)21-10-13-24(26(32)16-21)28-17-37-28/h4-16,27-28,35H,2-3,17H2,1H3. The molecule has 0 aliphatic carbocycles. The lowest BCUT2D eigenvalue weighted by Gasteiger charge is -2.12. The Labute approximate surface area is 218 Å². The molecular weight excluding hydrogens is 493 g/mol. The van der Waals surface area contributed by atoms with Gasteiger partial charge in [-0.15, -0.1) is 0 Å². The number of hydrogen-bond acceptors (Lipinski definition) is 4. The van der Waals surface area contributed by atoms with E-state index in [2.05, 4.69) is 0 Å². The van der Waals surface area contributed by atoms with Crippen LogP contribution in [0.1, 0.15) is 53.5 Å². The van der Waals surface area contributed by atoms with E-state index in [4.69, 9.17) is 9.47 Å². The predicted molar refractivity (Wildman–Crippen MR) is 137 cm³/mol. The predicted octanol–water partition coefficient (Wildman–Crippen LogP) is 7.56. The minimum atomic E-state index is -1.31. The SMILES string of the molecule is CCCC(O)c1ccc(-c2ccc(C(=O)Oc3ccc(-c4ccc(C5CO5)c(F)c4)cc3)c(F)c2F)cc1. The Balaban J connectivity index is 1.29. The van der Waals surface area contributed by atoms with Gasteiger partial charge in [0.2, 0.25) is 0 Å². The number of rotatable bonds is 8. The lowest BCUT2D eigenvalue weighted by molar-refractivity contribution is 0.0728. The van der Waals surface area contributed by atoms with Crippen molar-refractivity contribution in [2.45, 2.75) is 32.0 Å². The molecule has 0 saturated carbocycles. The second-order valence-electron chi connectivity index (χ2n) is 9.19. The summed E-state index contributed by atoms with van der Waals surface area (Å²) in [6.45, 7) is 2.48. The van der Waals surface area contributed by atoms with Crippen LogP contribution in [0, 0.1) is 17.5 Å². The molecule has 1 aliphatic rings. The molecule has 2 unspecified atom stereocenters. The van der Waals surface area contributed by atoms with Crippen LogP contribution < -0.4 is 4.74 Å². The average molecular weight is 519 g/mol. The van der Waals surface area contributed by atoms with E-state index in [1.807, 2.05) is 6.92 Å². The van der Waals surface area contributed by atoms with Crippen LogP contribution in [0.3, 0.4) is 0 Å². The van der Waals surface area contributed by atoms with Gasteiger partial charge in [0, 0.05) is 11.1 Å². The largest absolute Gasteiger partial charge is 0.423 e. The smallest absolute Gasteiger partial charge is 0.346 e. The fraction of sp³-hybridized carbons (Fsp3) is 0.194. The zero-order valence-corrected chi connectivity index (χ0v) is 20.6. The summed E-state index contributed by atoms with van der Waals surface area (Å²) in [7, 11) is 0. The third kappa shape index (κ3) is 5.35. The first kappa shape index (κ1) is 25.7. The summed E-state index contributed by atoms with van der Waals surface area (Å²) in [5.74, 6) is -3.74. The fourth-order valence-electron chi connectivity index (χ4n) is 4.33. The molecule has 1 saturated heterocycles. The van der Waals surface area contributed by atoms with Gasteiger partial charge in [0.25, 0.3) is 0 Å². The van der Waals surface area contributed by atoms with Crippen LogP contribution in [0.25, 0.3) is 22.3 Å². The van der Waals surface area contributed by atoms with E-state index < -0.39 is 29.3 Å². The number of benzene rings is 4. The van der Waals surface area contributed by atoms with Crippen molar-refractivity contribution in [3.63, 3.8) is 0 Å². The number of esters is 1. The van der Waals surface area contributed by atoms with Crippen molar-refractivity contribution in [2.24, 2.45) is 0 Å². The molecule has 0 amide bonds. The number of ether oxygens (including phenoxy) is 2. The summed E-state index contributed by atoms with van der Waals surface area (Å²) in [4.78, 5) is 12.6. The summed E-state index contributed by atoms with van der Waals surface area (Å²) in [5.41, 5.74) is 2.42. The Bertz CT molecular complexity index is 1460. The van der Waals surface area contributed by atoms with Crippen molar-refractivity contribution in [3.8, 4) is 28.0 Å². The first-order chi connectivity index (χ1) is 18.4. The van der Waals surface area contributed by atoms with Crippen molar-refractivity contribution in [2.75, 3.05) is 6.61 Å². The van der Waals surface area contributed by atoms with Gasteiger partial charge in [0.1, 0.15) is 17.7 Å². The number of aliphatic hydroxyl groups excluding tert-OH is 1. The molecule has 4 aromatic rings. The third-order valence-corrected chi connectivity index (χ3v) is 6.55. The van der Waals surface area contributed by atoms with E-state index in [1.165, 1.54) is 30.3 Å². The van der Waals surface area contributed by atoms with Crippen LogP contribution in [0.4, 0.5) is 13.2 Å². The first-order valence-electron chi connectivity index (χ1n) is 12.4. The molecule has 1 heterocycles. The minimum absolute atomic E-state index is 0.00793. The fourth-order valence-corrected chi connectivity index (χ4v) is 4.33. The summed E-state index contributed by atoms with van der Waals surface area (Å²) < 4.78 is 54.5. The molecule has 7 heteroatoms. The van der Waals surface area contributed by atoms with Gasteiger partial charge in [-0.1, -0.05) is 67.9 Å². The molecule has 4 aromatic carbocycles. The van der Waals surface area contributed by atoms with Gasteiger partial charge in [0.05, 0.1) is 18.3 Å². The number of epoxide rings is 1. The molecule has 0 aromatic heterocycles. The lowest BCUT2D eigenvalue weighted by Crippen LogP contribution is -2.12. The molecule has 2 atom stereocenters. The highest BCUT2D eigenvalue weighted by atomic mass is 19.2. The van der Waals surface area contributed by atoms with Crippen molar-refractivity contribution < 1.29 is 32.5 Å². The third-order valence-electron chi connectivity index (χ3n) is 6.55. The Morgan fingerprint density at radius 2 is 1.58 bits per heavy atom. The monoisotopic (exact) mass is 518 g/mol. The number of hydrogen-bond donors (Lipinski definition) is 1. The van der Waals surface area contributed by atoms with E-state index in [-0.39, 0.29) is 23.2 Å². The molecule has 1 aliphatic heterocycles. The summed E-state index contributed by atoms with van der Waals surface area (Å²) in [5, 5.41) is 10.1. The lowest BCUT2D eigenvalue weighted by atomic mass is 9.98. The van der Waals surface area contributed by atoms with Gasteiger partial charge in [-0.2, -0.15) is 0 Å². The zero-order chi connectivity index (χ0) is 26.8. The summed E-state index contributed by atoms with van der Waals surface area (Å²) >= 11 is 0. The summed E-state index contributed by atoms with van der Waals surface area (Å²) in [6.07, 6.45) is 0.611. The molecule has 0 spiro atoms. The Morgan fingerprint density at radius 1 is 0.921 bits per heavy atom. The highest BCUT2D eigenvalue weighted by Gasteiger charge is 2.28. The average Bonchev–Trinajstić information content (AvgIpc) is 3.76. The molecule has 5 rings (SSSR count). The molecule has 0 bridgehead atoms. The van der Waals surface area contributed by atoms with E-state index in [0.29, 0.717) is 40.8 Å². The number of halogens is 3. The van der Waals surface area contributed by atoms with Crippen molar-refractivity contribution in [1.82, 2.24) is 0 Å². The molecule has 1 fully saturated rings. The highest BCUT2D eigenvalue weighted by molar-refractivity contribution is 5.92. The van der Waals surface area contributed by atoms with Gasteiger partial charge in [-0.25, -0.2) is 18.0 Å². The quantitative estimate of drug-likeness (QED) is 0.149. The Kier molecular flexibility index (Phi) is 7.31. The maximum Gasteiger partial charge on any atom is 0.346 e. The second-order valence-corrected chi connectivity index (χ2v) is 9.19. The van der Waals surface area contributed by atoms with Gasteiger partial charge < -0.3 is 14.6 Å². The molecule has 4 nitrogen and oxygen atoms in total. The number of carbonyl (C=O) groups is 1. The second kappa shape index (κ2) is 10.8. The highest BCUT2D eigenvalue weighted by Crippen LogP contribution is 2.34. The molecular formula is C31H25F3O4. The van der Waals surface area contributed by atoms with Gasteiger partial charge >= 0.3 is 5.97 Å². The van der Waals surface area contributed by atoms with E-state index >= 15 is 0 Å². The number of carbonyl (C=O) groups excluding carboxylic acids is 1. The first-order valence-corrected chi connectivity index (χ1v) is 12.4. The molecule has 0 radical (unpaired) electrons. The van der Waals surface area contributed by atoms with Gasteiger partial charge in [-0.05, 0) is 52.9 Å². The van der Waals surface area contributed by atoms with Crippen molar-refractivity contribution in [3.05, 3.63) is 113 Å². The van der Waals surface area contributed by atoms with Crippen molar-refractivity contribution >= 4 is 5.97 Å². The van der Waals surface area contributed by atoms with Gasteiger partial charge in [-0.3, -0.25) is 0 Å². The maximum atomic E-state index is 14.9. The van der Waals surface area contributed by atoms with Crippen LogP contribution >= 0.6 is 0 Å². The van der Waals surface area contributed by atoms with E-state index in [9.17, 15) is 23.1 Å². The van der Waals surface area contributed by atoms with Gasteiger partial charge in [0.15, 0.2) is 11.6 Å². The Morgan fingerprint density at radius 3 is 2.21 bits per heavy atom. The van der Waals surface area contributed by atoms with E-state index in [0.717, 1.165) is 6.42 Å². The van der Waals surface area contributed by atoms with Crippen LogP contribution in [0.5, 0.6) is 5.75 Å². The molecule has 1 N–H and O–H groups in total. The van der Waals surface area contributed by atoms with Crippen LogP contribution in [0.15, 0.2) is 78.9 Å². The van der Waals surface area contributed by atoms with Crippen LogP contribution in [-0.2, 0) is 4.74 Å². The minimum Gasteiger partial charge on any atom is -0.423 e.